The first-order valence-electron chi connectivity index (χ1n) is 8.02. The average Bonchev–Trinajstić information content (AvgIpc) is 2.81. The highest BCUT2D eigenvalue weighted by Gasteiger charge is 2.43. The molecule has 2 heterocycles. The molecule has 0 aromatic carbocycles. The van der Waals surface area contributed by atoms with Crippen molar-refractivity contribution in [3.8, 4) is 0 Å². The topological polar surface area (TPSA) is 137 Å². The summed E-state index contributed by atoms with van der Waals surface area (Å²) in [6.07, 6.45) is -2.60. The minimum Gasteiger partial charge on any atom is -0.394 e. The van der Waals surface area contributed by atoms with Gasteiger partial charge in [-0.2, -0.15) is 0 Å². The fourth-order valence-corrected chi connectivity index (χ4v) is 2.57. The average molecular weight is 343 g/mol. The molecule has 0 saturated carbocycles. The Kier molecular flexibility index (Phi) is 6.30. The second-order valence-electron chi connectivity index (χ2n) is 6.41. The number of aromatic amines is 1. The standard InChI is InChI=1S/C15H25N3O6/c1-8(2)3-4-16-5-9-6-18(15(23)17-13(9)22)14-12(21)11(20)10(7-19)24-14/h6,8,10-12,14,16,19-21H,3-5,7H2,1-2H3,(H,17,22,23)/t10-,11-,12-,14-/m1/s1. The van der Waals surface area contributed by atoms with Crippen LogP contribution in [-0.2, 0) is 11.3 Å². The van der Waals surface area contributed by atoms with E-state index < -0.39 is 42.4 Å². The van der Waals surface area contributed by atoms with Gasteiger partial charge < -0.3 is 25.4 Å². The number of nitrogens with one attached hydrogen (secondary N) is 2. The Morgan fingerprint density at radius 2 is 2.04 bits per heavy atom. The van der Waals surface area contributed by atoms with E-state index in [9.17, 15) is 19.8 Å². The maximum atomic E-state index is 12.0. The predicted molar refractivity (Wildman–Crippen MR) is 85.5 cm³/mol. The normalized spacial score (nSPS) is 27.1. The number of ether oxygens (including phenoxy) is 1. The number of H-pyrrole nitrogens is 1. The maximum absolute atomic E-state index is 12.0. The van der Waals surface area contributed by atoms with Gasteiger partial charge in [-0.3, -0.25) is 14.3 Å². The molecule has 0 unspecified atom stereocenters. The molecule has 2 rings (SSSR count). The van der Waals surface area contributed by atoms with E-state index in [1.54, 1.807) is 0 Å². The van der Waals surface area contributed by atoms with E-state index in [1.165, 1.54) is 6.20 Å². The van der Waals surface area contributed by atoms with Crippen LogP contribution in [-0.4, -0.2) is 56.3 Å². The summed E-state index contributed by atoms with van der Waals surface area (Å²) in [5.74, 6) is 0.531. The largest absolute Gasteiger partial charge is 0.394 e. The third kappa shape index (κ3) is 4.11. The minimum atomic E-state index is -1.38. The predicted octanol–water partition coefficient (Wildman–Crippen LogP) is -1.72. The Balaban J connectivity index is 2.18. The van der Waals surface area contributed by atoms with E-state index in [1.807, 2.05) is 0 Å². The van der Waals surface area contributed by atoms with Crippen LogP contribution in [0.2, 0.25) is 0 Å². The van der Waals surface area contributed by atoms with E-state index in [0.717, 1.165) is 17.5 Å². The summed E-state index contributed by atoms with van der Waals surface area (Å²) in [7, 11) is 0. The molecule has 0 spiro atoms. The van der Waals surface area contributed by atoms with E-state index >= 15 is 0 Å². The van der Waals surface area contributed by atoms with E-state index in [4.69, 9.17) is 9.84 Å². The van der Waals surface area contributed by atoms with Gasteiger partial charge in [0.2, 0.25) is 0 Å². The molecule has 1 fully saturated rings. The van der Waals surface area contributed by atoms with Crippen molar-refractivity contribution in [1.29, 1.82) is 0 Å². The molecule has 1 aromatic heterocycles. The third-order valence-electron chi connectivity index (χ3n) is 4.05. The van der Waals surface area contributed by atoms with Crippen LogP contribution in [0, 0.1) is 5.92 Å². The van der Waals surface area contributed by atoms with Crippen molar-refractivity contribution < 1.29 is 20.1 Å². The third-order valence-corrected chi connectivity index (χ3v) is 4.05. The van der Waals surface area contributed by atoms with Gasteiger partial charge >= 0.3 is 5.69 Å². The lowest BCUT2D eigenvalue weighted by atomic mass is 10.1. The van der Waals surface area contributed by atoms with Crippen LogP contribution in [0.3, 0.4) is 0 Å². The molecule has 0 bridgehead atoms. The second kappa shape index (κ2) is 8.04. The Bertz CT molecular complexity index is 655. The molecule has 1 saturated heterocycles. The molecule has 24 heavy (non-hydrogen) atoms. The van der Waals surface area contributed by atoms with Gasteiger partial charge in [-0.15, -0.1) is 0 Å². The molecule has 4 atom stereocenters. The van der Waals surface area contributed by atoms with Crippen molar-refractivity contribution in [2.75, 3.05) is 13.2 Å². The highest BCUT2D eigenvalue weighted by atomic mass is 16.6. The van der Waals surface area contributed by atoms with Crippen LogP contribution in [0.25, 0.3) is 0 Å². The number of nitrogens with zero attached hydrogens (tertiary/aromatic N) is 1. The van der Waals surface area contributed by atoms with Crippen molar-refractivity contribution >= 4 is 0 Å². The number of hydrogen-bond donors (Lipinski definition) is 5. The van der Waals surface area contributed by atoms with Crippen LogP contribution in [0.5, 0.6) is 0 Å². The molecule has 136 valence electrons. The summed E-state index contributed by atoms with van der Waals surface area (Å²) in [6, 6.07) is 0. The van der Waals surface area contributed by atoms with Gasteiger partial charge in [0.05, 0.1) is 6.61 Å². The summed E-state index contributed by atoms with van der Waals surface area (Å²) in [4.78, 5) is 26.1. The summed E-state index contributed by atoms with van der Waals surface area (Å²) in [6.45, 7) is 4.68. The van der Waals surface area contributed by atoms with E-state index in [2.05, 4.69) is 24.1 Å². The number of aliphatic hydroxyl groups excluding tert-OH is 3. The summed E-state index contributed by atoms with van der Waals surface area (Å²) in [5.41, 5.74) is -0.947. The van der Waals surface area contributed by atoms with Crippen molar-refractivity contribution in [2.45, 2.75) is 51.4 Å². The van der Waals surface area contributed by atoms with Gasteiger partial charge in [-0.25, -0.2) is 4.79 Å². The van der Waals surface area contributed by atoms with Crippen molar-refractivity contribution in [2.24, 2.45) is 5.92 Å². The molecule has 1 aromatic rings. The molecule has 0 amide bonds. The molecule has 0 radical (unpaired) electrons. The maximum Gasteiger partial charge on any atom is 0.330 e. The lowest BCUT2D eigenvalue weighted by molar-refractivity contribution is -0.0551. The second-order valence-corrected chi connectivity index (χ2v) is 6.41. The van der Waals surface area contributed by atoms with Crippen LogP contribution in [0.15, 0.2) is 15.8 Å². The summed E-state index contributed by atoms with van der Waals surface area (Å²) >= 11 is 0. The molecule has 5 N–H and O–H groups in total. The van der Waals surface area contributed by atoms with E-state index in [-0.39, 0.29) is 6.54 Å². The Labute approximate surface area is 138 Å². The first-order valence-corrected chi connectivity index (χ1v) is 8.02. The zero-order valence-electron chi connectivity index (χ0n) is 13.8. The van der Waals surface area contributed by atoms with Gasteiger partial charge in [0.25, 0.3) is 5.56 Å². The minimum absolute atomic E-state index is 0.261. The Morgan fingerprint density at radius 1 is 1.33 bits per heavy atom. The first-order chi connectivity index (χ1) is 11.3. The van der Waals surface area contributed by atoms with Gasteiger partial charge in [-0.05, 0) is 18.9 Å². The Morgan fingerprint density at radius 3 is 2.62 bits per heavy atom. The Hall–Kier alpha value is -1.52. The first kappa shape index (κ1) is 18.8. The van der Waals surface area contributed by atoms with Crippen LogP contribution >= 0.6 is 0 Å². The number of rotatable bonds is 7. The number of aromatic nitrogens is 2. The molecular weight excluding hydrogens is 318 g/mol. The number of aliphatic hydroxyl groups is 3. The molecule has 1 aliphatic rings. The molecular formula is C15H25N3O6. The van der Waals surface area contributed by atoms with Crippen LogP contribution in [0.4, 0.5) is 0 Å². The van der Waals surface area contributed by atoms with Crippen molar-refractivity contribution in [3.05, 3.63) is 32.6 Å². The lowest BCUT2D eigenvalue weighted by Gasteiger charge is -2.18. The molecule has 0 aliphatic carbocycles. The van der Waals surface area contributed by atoms with E-state index in [0.29, 0.717) is 11.5 Å². The van der Waals surface area contributed by atoms with Crippen molar-refractivity contribution in [3.63, 3.8) is 0 Å². The van der Waals surface area contributed by atoms with Crippen LogP contribution in [0.1, 0.15) is 32.1 Å². The van der Waals surface area contributed by atoms with Gasteiger partial charge in [0.15, 0.2) is 6.23 Å². The SMILES string of the molecule is CC(C)CCNCc1cn([C@@H]2O[C@H](CO)[C@@H](O)[C@H]2O)c(=O)[nH]c1=O. The van der Waals surface area contributed by atoms with Gasteiger partial charge in [0, 0.05) is 18.3 Å². The fraction of sp³-hybridized carbons (Fsp3) is 0.733. The zero-order valence-corrected chi connectivity index (χ0v) is 13.8. The lowest BCUT2D eigenvalue weighted by Crippen LogP contribution is -2.39. The zero-order chi connectivity index (χ0) is 17.9. The molecule has 1 aliphatic heterocycles. The van der Waals surface area contributed by atoms with Crippen molar-refractivity contribution in [1.82, 2.24) is 14.9 Å². The number of hydrogen-bond acceptors (Lipinski definition) is 7. The summed E-state index contributed by atoms with van der Waals surface area (Å²) < 4.78 is 6.36. The van der Waals surface area contributed by atoms with Crippen LogP contribution < -0.4 is 16.6 Å². The quantitative estimate of drug-likeness (QED) is 0.372. The fourth-order valence-electron chi connectivity index (χ4n) is 2.57. The smallest absolute Gasteiger partial charge is 0.330 e. The van der Waals surface area contributed by atoms with Gasteiger partial charge in [-0.1, -0.05) is 13.8 Å². The molecule has 9 heteroatoms. The van der Waals surface area contributed by atoms with Gasteiger partial charge in [0.1, 0.15) is 18.3 Å². The highest BCUT2D eigenvalue weighted by Crippen LogP contribution is 2.27. The highest BCUT2D eigenvalue weighted by molar-refractivity contribution is 5.06. The monoisotopic (exact) mass is 343 g/mol. The molecule has 9 nitrogen and oxygen atoms in total. The summed E-state index contributed by atoms with van der Waals surface area (Å²) in [5, 5.41) is 32.1.